The number of benzene rings is 2. The van der Waals surface area contributed by atoms with Gasteiger partial charge < -0.3 is 19.7 Å². The molecule has 9 heteroatoms. The van der Waals surface area contributed by atoms with Crippen LogP contribution in [-0.4, -0.2) is 60.1 Å². The summed E-state index contributed by atoms with van der Waals surface area (Å²) < 4.78 is 13.0. The quantitative estimate of drug-likeness (QED) is 0.351. The van der Waals surface area contributed by atoms with Gasteiger partial charge in [-0.25, -0.2) is 0 Å². The molecule has 1 fully saturated rings. The largest absolute Gasteiger partial charge is 0.497 e. The molecule has 1 aliphatic rings. The third kappa shape index (κ3) is 5.70. The number of rotatable bonds is 10. The van der Waals surface area contributed by atoms with Gasteiger partial charge >= 0.3 is 0 Å². The van der Waals surface area contributed by atoms with Crippen molar-refractivity contribution in [2.75, 3.05) is 45.3 Å². The summed E-state index contributed by atoms with van der Waals surface area (Å²) in [5.41, 5.74) is 3.55. The van der Waals surface area contributed by atoms with Gasteiger partial charge in [-0.15, -0.1) is 10.2 Å². The van der Waals surface area contributed by atoms with E-state index in [1.807, 2.05) is 30.5 Å². The molecule has 4 aromatic rings. The van der Waals surface area contributed by atoms with Gasteiger partial charge in [0.15, 0.2) is 0 Å². The van der Waals surface area contributed by atoms with E-state index >= 15 is 0 Å². The minimum Gasteiger partial charge on any atom is -0.497 e. The lowest BCUT2D eigenvalue weighted by molar-refractivity contribution is 0.249. The predicted octanol–water partition coefficient (Wildman–Crippen LogP) is 3.96. The highest BCUT2D eigenvalue weighted by molar-refractivity contribution is 7.17. The number of nitrogens with zero attached hydrogens (tertiary/aromatic N) is 5. The molecular weight excluding hydrogens is 472 g/mol. The number of piperazine rings is 1. The zero-order valence-corrected chi connectivity index (χ0v) is 21.6. The van der Waals surface area contributed by atoms with Gasteiger partial charge in [0, 0.05) is 63.3 Å². The highest BCUT2D eigenvalue weighted by Gasteiger charge is 2.21. The monoisotopic (exact) mass is 504 g/mol. The van der Waals surface area contributed by atoms with E-state index in [1.54, 1.807) is 25.6 Å². The summed E-state index contributed by atoms with van der Waals surface area (Å²) in [6.45, 7) is 6.33. The van der Waals surface area contributed by atoms with Crippen LogP contribution in [0.25, 0.3) is 5.13 Å². The first-order chi connectivity index (χ1) is 17.7. The molecule has 2 aromatic heterocycles. The fraction of sp³-hybridized carbons (Fsp3) is 0.333. The smallest absolute Gasteiger partial charge is 0.218 e. The molecule has 3 heterocycles. The Bertz CT molecular complexity index is 1250. The standard InChI is InChI=1S/C27H32N6O2S/c1-34-24-10-11-25(35-2)22(17-24)18-28-19-23-9-6-12-33(23)27-30-29-26(36-27)32-15-13-31(14-16-32)20-21-7-4-3-5-8-21/h3-12,17,28H,13-16,18-20H2,1-2H3. The Hall–Kier alpha value is -3.40. The number of aromatic nitrogens is 3. The predicted molar refractivity (Wildman–Crippen MR) is 143 cm³/mol. The molecule has 2 aromatic carbocycles. The molecule has 0 bridgehead atoms. The second-order valence-electron chi connectivity index (χ2n) is 8.77. The zero-order valence-electron chi connectivity index (χ0n) is 20.8. The number of ether oxygens (including phenoxy) is 2. The molecule has 1 aliphatic heterocycles. The normalized spacial score (nSPS) is 14.2. The first-order valence-corrected chi connectivity index (χ1v) is 13.0. The highest BCUT2D eigenvalue weighted by atomic mass is 32.1. The summed E-state index contributed by atoms with van der Waals surface area (Å²) >= 11 is 1.64. The van der Waals surface area contributed by atoms with Crippen LogP contribution in [0.15, 0.2) is 66.9 Å². The molecule has 36 heavy (non-hydrogen) atoms. The number of nitrogens with one attached hydrogen (secondary N) is 1. The minimum absolute atomic E-state index is 0.667. The minimum atomic E-state index is 0.667. The molecule has 0 spiro atoms. The van der Waals surface area contributed by atoms with Gasteiger partial charge in [-0.3, -0.25) is 9.47 Å². The summed E-state index contributed by atoms with van der Waals surface area (Å²) in [7, 11) is 3.36. The molecule has 1 saturated heterocycles. The summed E-state index contributed by atoms with van der Waals surface area (Å²) in [6, 6.07) is 20.7. The molecule has 0 unspecified atom stereocenters. The number of hydrogen-bond acceptors (Lipinski definition) is 8. The molecule has 0 saturated carbocycles. The fourth-order valence-corrected chi connectivity index (χ4v) is 5.38. The van der Waals surface area contributed by atoms with E-state index in [2.05, 4.69) is 66.3 Å². The van der Waals surface area contributed by atoms with Crippen molar-refractivity contribution in [2.24, 2.45) is 0 Å². The van der Waals surface area contributed by atoms with Crippen LogP contribution in [-0.2, 0) is 19.6 Å². The van der Waals surface area contributed by atoms with Crippen molar-refractivity contribution in [3.05, 3.63) is 83.7 Å². The molecule has 5 rings (SSSR count). The van der Waals surface area contributed by atoms with Crippen LogP contribution < -0.4 is 19.7 Å². The Morgan fingerprint density at radius 3 is 2.44 bits per heavy atom. The SMILES string of the molecule is COc1ccc(OC)c(CNCc2cccn2-c2nnc(N3CCN(Cc4ccccc4)CC3)s2)c1. The first kappa shape index (κ1) is 24.3. The molecule has 8 nitrogen and oxygen atoms in total. The molecule has 0 aliphatic carbocycles. The van der Waals surface area contributed by atoms with Crippen LogP contribution in [0, 0.1) is 0 Å². The second kappa shape index (κ2) is 11.6. The van der Waals surface area contributed by atoms with Gasteiger partial charge in [0.05, 0.1) is 14.2 Å². The second-order valence-corrected chi connectivity index (χ2v) is 9.70. The Morgan fingerprint density at radius 2 is 1.67 bits per heavy atom. The van der Waals surface area contributed by atoms with E-state index in [4.69, 9.17) is 9.47 Å². The van der Waals surface area contributed by atoms with Crippen molar-refractivity contribution in [1.29, 1.82) is 0 Å². The molecule has 0 amide bonds. The van der Waals surface area contributed by atoms with Crippen LogP contribution in [0.5, 0.6) is 11.5 Å². The van der Waals surface area contributed by atoms with Crippen molar-refractivity contribution in [3.63, 3.8) is 0 Å². The average molecular weight is 505 g/mol. The molecule has 188 valence electrons. The van der Waals surface area contributed by atoms with Crippen LogP contribution in [0.1, 0.15) is 16.8 Å². The number of methoxy groups -OCH3 is 2. The lowest BCUT2D eigenvalue weighted by Crippen LogP contribution is -2.45. The van der Waals surface area contributed by atoms with Crippen molar-refractivity contribution in [1.82, 2.24) is 25.0 Å². The van der Waals surface area contributed by atoms with Crippen LogP contribution >= 0.6 is 11.3 Å². The van der Waals surface area contributed by atoms with Crippen molar-refractivity contribution >= 4 is 16.5 Å². The molecular formula is C27H32N6O2S. The van der Waals surface area contributed by atoms with Crippen LogP contribution in [0.3, 0.4) is 0 Å². The lowest BCUT2D eigenvalue weighted by Gasteiger charge is -2.34. The van der Waals surface area contributed by atoms with Crippen molar-refractivity contribution < 1.29 is 9.47 Å². The fourth-order valence-electron chi connectivity index (χ4n) is 4.46. The number of anilines is 1. The zero-order chi connectivity index (χ0) is 24.7. The maximum Gasteiger partial charge on any atom is 0.218 e. The van der Waals surface area contributed by atoms with Crippen LogP contribution in [0.2, 0.25) is 0 Å². The summed E-state index contributed by atoms with van der Waals surface area (Å²) in [5.74, 6) is 1.66. The van der Waals surface area contributed by atoms with Crippen LogP contribution in [0.4, 0.5) is 5.13 Å². The average Bonchev–Trinajstić information content (AvgIpc) is 3.59. The van der Waals surface area contributed by atoms with E-state index in [1.165, 1.54) is 5.56 Å². The van der Waals surface area contributed by atoms with Gasteiger partial charge in [-0.05, 0) is 35.9 Å². The van der Waals surface area contributed by atoms with Crippen molar-refractivity contribution in [2.45, 2.75) is 19.6 Å². The van der Waals surface area contributed by atoms with Gasteiger partial charge in [0.1, 0.15) is 11.5 Å². The van der Waals surface area contributed by atoms with E-state index in [-0.39, 0.29) is 0 Å². The topological polar surface area (TPSA) is 67.7 Å². The highest BCUT2D eigenvalue weighted by Crippen LogP contribution is 2.26. The summed E-state index contributed by atoms with van der Waals surface area (Å²) in [6.07, 6.45) is 2.05. The lowest BCUT2D eigenvalue weighted by atomic mass is 10.2. The van der Waals surface area contributed by atoms with E-state index < -0.39 is 0 Å². The Balaban J connectivity index is 1.17. The third-order valence-electron chi connectivity index (χ3n) is 6.44. The third-order valence-corrected chi connectivity index (χ3v) is 7.43. The van der Waals surface area contributed by atoms with E-state index in [0.29, 0.717) is 13.1 Å². The Labute approximate surface area is 216 Å². The van der Waals surface area contributed by atoms with Gasteiger partial charge in [0.25, 0.3) is 0 Å². The summed E-state index contributed by atoms with van der Waals surface area (Å²) in [4.78, 5) is 4.85. The van der Waals surface area contributed by atoms with Gasteiger partial charge in [0.2, 0.25) is 10.3 Å². The molecule has 0 atom stereocenters. The Morgan fingerprint density at radius 1 is 0.861 bits per heavy atom. The van der Waals surface area contributed by atoms with Crippen molar-refractivity contribution in [3.8, 4) is 16.6 Å². The van der Waals surface area contributed by atoms with Gasteiger partial charge in [-0.1, -0.05) is 41.7 Å². The Kier molecular flexibility index (Phi) is 7.80. The molecule has 1 N–H and O–H groups in total. The van der Waals surface area contributed by atoms with E-state index in [0.717, 1.165) is 65.7 Å². The first-order valence-electron chi connectivity index (χ1n) is 12.2. The maximum atomic E-state index is 5.50. The maximum absolute atomic E-state index is 5.50. The summed E-state index contributed by atoms with van der Waals surface area (Å²) in [5, 5.41) is 14.4. The van der Waals surface area contributed by atoms with Gasteiger partial charge in [-0.2, -0.15) is 0 Å². The molecule has 0 radical (unpaired) electrons. The van der Waals surface area contributed by atoms with E-state index in [9.17, 15) is 0 Å². The number of hydrogen-bond donors (Lipinski definition) is 1.